The molecule has 0 atom stereocenters. The van der Waals surface area contributed by atoms with Gasteiger partial charge in [-0.15, -0.1) is 0 Å². The van der Waals surface area contributed by atoms with Gasteiger partial charge in [-0.05, 0) is 12.1 Å². The summed E-state index contributed by atoms with van der Waals surface area (Å²) in [5, 5.41) is 14.2. The monoisotopic (exact) mass is 233 g/mol. The van der Waals surface area contributed by atoms with Crippen LogP contribution in [0.3, 0.4) is 0 Å². The molecular weight excluding hydrogens is 218 g/mol. The van der Waals surface area contributed by atoms with Gasteiger partial charge in [-0.1, -0.05) is 12.1 Å². The van der Waals surface area contributed by atoms with E-state index < -0.39 is 0 Å². The first-order chi connectivity index (χ1) is 8.27. The number of nitrogens with zero attached hydrogens (tertiary/aromatic N) is 1. The zero-order valence-corrected chi connectivity index (χ0v) is 9.69. The highest BCUT2D eigenvalue weighted by molar-refractivity contribution is 5.95. The number of carbonyl (C=O) groups is 1. The quantitative estimate of drug-likeness (QED) is 0.732. The van der Waals surface area contributed by atoms with Gasteiger partial charge < -0.3 is 15.4 Å². The van der Waals surface area contributed by atoms with E-state index in [4.69, 9.17) is 10.00 Å². The number of hydrogen-bond donors (Lipinski definition) is 2. The highest BCUT2D eigenvalue weighted by atomic mass is 16.5. The van der Waals surface area contributed by atoms with E-state index >= 15 is 0 Å². The average Bonchev–Trinajstić information content (AvgIpc) is 2.32. The number of rotatable bonds is 6. The molecule has 0 bridgehead atoms. The van der Waals surface area contributed by atoms with Crippen LogP contribution in [0.1, 0.15) is 6.42 Å². The lowest BCUT2D eigenvalue weighted by atomic mass is 10.2. The van der Waals surface area contributed by atoms with E-state index in [2.05, 4.69) is 10.6 Å². The molecule has 0 saturated heterocycles. The van der Waals surface area contributed by atoms with Gasteiger partial charge in [-0.25, -0.2) is 0 Å². The number of carbonyl (C=O) groups excluding carboxylic acids is 1. The summed E-state index contributed by atoms with van der Waals surface area (Å²) >= 11 is 0. The number of benzene rings is 1. The summed E-state index contributed by atoms with van der Waals surface area (Å²) in [6.07, 6.45) is -0.146. The second kappa shape index (κ2) is 7.25. The van der Waals surface area contributed by atoms with Crippen LogP contribution in [0, 0.1) is 11.3 Å². The molecule has 1 rings (SSSR count). The molecule has 0 spiro atoms. The molecule has 0 aliphatic rings. The van der Waals surface area contributed by atoms with Crippen LogP contribution >= 0.6 is 0 Å². The van der Waals surface area contributed by atoms with E-state index in [1.165, 1.54) is 0 Å². The van der Waals surface area contributed by atoms with Gasteiger partial charge >= 0.3 is 0 Å². The van der Waals surface area contributed by atoms with Crippen molar-refractivity contribution in [2.24, 2.45) is 0 Å². The Labute approximate surface area is 100 Å². The molecular formula is C12H15N3O2. The van der Waals surface area contributed by atoms with E-state index in [0.717, 1.165) is 5.69 Å². The van der Waals surface area contributed by atoms with Crippen LogP contribution in [0.2, 0.25) is 0 Å². The number of ether oxygens (including phenoxy) is 1. The molecule has 1 aromatic rings. The van der Waals surface area contributed by atoms with Gasteiger partial charge in [0.15, 0.2) is 0 Å². The van der Waals surface area contributed by atoms with Crippen LogP contribution in [-0.2, 0) is 9.53 Å². The summed E-state index contributed by atoms with van der Waals surface area (Å²) in [6.45, 7) is 1.24. The van der Waals surface area contributed by atoms with Crippen LogP contribution in [-0.4, -0.2) is 26.2 Å². The first-order valence-corrected chi connectivity index (χ1v) is 5.26. The molecule has 5 nitrogen and oxygen atoms in total. The molecule has 1 aromatic carbocycles. The third-order valence-electron chi connectivity index (χ3n) is 2.06. The van der Waals surface area contributed by atoms with Crippen LogP contribution in [0.4, 0.5) is 11.4 Å². The fraction of sp³-hybridized carbons (Fsp3) is 0.333. The summed E-state index contributed by atoms with van der Waals surface area (Å²) in [5.74, 6) is -0.312. The van der Waals surface area contributed by atoms with Gasteiger partial charge in [-0.2, -0.15) is 5.26 Å². The zero-order valence-electron chi connectivity index (χ0n) is 9.69. The Morgan fingerprint density at radius 3 is 2.76 bits per heavy atom. The van der Waals surface area contributed by atoms with Crippen LogP contribution in [0.5, 0.6) is 0 Å². The van der Waals surface area contributed by atoms with Crippen molar-refractivity contribution in [2.45, 2.75) is 6.42 Å². The number of hydrogen-bond acceptors (Lipinski definition) is 4. The Morgan fingerprint density at radius 2 is 2.12 bits per heavy atom. The lowest BCUT2D eigenvalue weighted by Crippen LogP contribution is -2.14. The predicted molar refractivity (Wildman–Crippen MR) is 65.7 cm³/mol. The molecule has 1 amide bonds. The molecule has 0 aliphatic heterocycles. The van der Waals surface area contributed by atoms with Crippen molar-refractivity contribution in [3.63, 3.8) is 0 Å². The molecule has 0 heterocycles. The Bertz CT molecular complexity index is 412. The first kappa shape index (κ1) is 13.0. The highest BCUT2D eigenvalue weighted by Crippen LogP contribution is 2.20. The molecule has 2 N–H and O–H groups in total. The first-order valence-electron chi connectivity index (χ1n) is 5.26. The Balaban J connectivity index is 2.64. The molecule has 0 aromatic heterocycles. The minimum absolute atomic E-state index is 0.146. The Morgan fingerprint density at radius 1 is 1.41 bits per heavy atom. The summed E-state index contributed by atoms with van der Waals surface area (Å²) in [6, 6.07) is 9.14. The SMILES string of the molecule is COCCNc1ccccc1NC(=O)CC#N. The molecule has 90 valence electrons. The summed E-state index contributed by atoms with van der Waals surface area (Å²) in [7, 11) is 1.63. The maximum atomic E-state index is 11.3. The van der Waals surface area contributed by atoms with Gasteiger partial charge in [-0.3, -0.25) is 4.79 Å². The number of methoxy groups -OCH3 is 1. The number of nitrogens with one attached hydrogen (secondary N) is 2. The van der Waals surface area contributed by atoms with Crippen molar-refractivity contribution in [1.82, 2.24) is 0 Å². The summed E-state index contributed by atoms with van der Waals surface area (Å²) in [5.41, 5.74) is 1.49. The van der Waals surface area contributed by atoms with Crippen LogP contribution in [0.15, 0.2) is 24.3 Å². The van der Waals surface area contributed by atoms with Crippen molar-refractivity contribution < 1.29 is 9.53 Å². The lowest BCUT2D eigenvalue weighted by Gasteiger charge is -2.11. The number of para-hydroxylation sites is 2. The van der Waals surface area contributed by atoms with E-state index in [0.29, 0.717) is 18.8 Å². The van der Waals surface area contributed by atoms with E-state index in [9.17, 15) is 4.79 Å². The molecule has 0 saturated carbocycles. The summed E-state index contributed by atoms with van der Waals surface area (Å²) in [4.78, 5) is 11.3. The minimum Gasteiger partial charge on any atom is -0.383 e. The molecule has 0 fully saturated rings. The third-order valence-corrected chi connectivity index (χ3v) is 2.06. The van der Waals surface area contributed by atoms with E-state index in [1.54, 1.807) is 13.2 Å². The smallest absolute Gasteiger partial charge is 0.238 e. The molecule has 0 radical (unpaired) electrons. The third kappa shape index (κ3) is 4.53. The number of amides is 1. The second-order valence-corrected chi connectivity index (χ2v) is 3.35. The minimum atomic E-state index is -0.312. The second-order valence-electron chi connectivity index (χ2n) is 3.35. The zero-order chi connectivity index (χ0) is 12.5. The van der Waals surface area contributed by atoms with E-state index in [1.807, 2.05) is 24.3 Å². The molecule has 0 unspecified atom stereocenters. The lowest BCUT2D eigenvalue weighted by molar-refractivity contribution is -0.115. The maximum absolute atomic E-state index is 11.3. The van der Waals surface area contributed by atoms with Crippen LogP contribution < -0.4 is 10.6 Å². The fourth-order valence-corrected chi connectivity index (χ4v) is 1.30. The largest absolute Gasteiger partial charge is 0.383 e. The van der Waals surface area contributed by atoms with Crippen molar-refractivity contribution in [3.8, 4) is 6.07 Å². The molecule has 5 heteroatoms. The fourth-order valence-electron chi connectivity index (χ4n) is 1.30. The number of nitriles is 1. The normalized spacial score (nSPS) is 9.41. The van der Waals surface area contributed by atoms with Crippen molar-refractivity contribution in [3.05, 3.63) is 24.3 Å². The molecule has 17 heavy (non-hydrogen) atoms. The van der Waals surface area contributed by atoms with Crippen LogP contribution in [0.25, 0.3) is 0 Å². The topological polar surface area (TPSA) is 74.2 Å². The van der Waals surface area contributed by atoms with Crippen molar-refractivity contribution in [1.29, 1.82) is 5.26 Å². The van der Waals surface area contributed by atoms with E-state index in [-0.39, 0.29) is 12.3 Å². The number of anilines is 2. The summed E-state index contributed by atoms with van der Waals surface area (Å²) < 4.78 is 4.93. The highest BCUT2D eigenvalue weighted by Gasteiger charge is 2.05. The van der Waals surface area contributed by atoms with Gasteiger partial charge in [0.2, 0.25) is 5.91 Å². The van der Waals surface area contributed by atoms with Gasteiger partial charge in [0.1, 0.15) is 6.42 Å². The Kier molecular flexibility index (Phi) is 5.55. The van der Waals surface area contributed by atoms with Gasteiger partial charge in [0, 0.05) is 13.7 Å². The molecule has 0 aliphatic carbocycles. The average molecular weight is 233 g/mol. The van der Waals surface area contributed by atoms with Crippen molar-refractivity contribution >= 4 is 17.3 Å². The maximum Gasteiger partial charge on any atom is 0.238 e. The Hall–Kier alpha value is -2.06. The standard InChI is InChI=1S/C12H15N3O2/c1-17-9-8-14-10-4-2-3-5-11(10)15-12(16)6-7-13/h2-5,14H,6,8-9H2,1H3,(H,15,16). The predicted octanol–water partition coefficient (Wildman–Crippen LogP) is 1.60. The van der Waals surface area contributed by atoms with Gasteiger partial charge in [0.25, 0.3) is 0 Å². The van der Waals surface area contributed by atoms with Crippen molar-refractivity contribution in [2.75, 3.05) is 30.9 Å². The van der Waals surface area contributed by atoms with Gasteiger partial charge in [0.05, 0.1) is 24.1 Å².